The molecule has 0 aliphatic carbocycles. The fourth-order valence-corrected chi connectivity index (χ4v) is 2.52. The zero-order valence-electron chi connectivity index (χ0n) is 13.5. The van der Waals surface area contributed by atoms with Crippen LogP contribution in [-0.2, 0) is 23.8 Å². The van der Waals surface area contributed by atoms with Crippen molar-refractivity contribution in [1.29, 1.82) is 0 Å². The van der Waals surface area contributed by atoms with Crippen LogP contribution in [0.15, 0.2) is 17.1 Å². The second-order valence-electron chi connectivity index (χ2n) is 5.29. The van der Waals surface area contributed by atoms with Crippen LogP contribution in [0.4, 0.5) is 10.2 Å². The quantitative estimate of drug-likeness (QED) is 0.571. The van der Waals surface area contributed by atoms with Crippen LogP contribution in [0.1, 0.15) is 19.6 Å². The van der Waals surface area contributed by atoms with Gasteiger partial charge in [0, 0.05) is 13.1 Å². The Hall–Kier alpha value is -2.93. The summed E-state index contributed by atoms with van der Waals surface area (Å²) < 4.78 is 31.2. The van der Waals surface area contributed by atoms with E-state index < -0.39 is 48.2 Å². The monoisotopic (exact) mass is 353 g/mol. The Morgan fingerprint density at radius 2 is 2.28 bits per heavy atom. The molecule has 10 heteroatoms. The van der Waals surface area contributed by atoms with Crippen molar-refractivity contribution in [3.63, 3.8) is 0 Å². The van der Waals surface area contributed by atoms with Gasteiger partial charge in [-0.2, -0.15) is 4.98 Å². The average Bonchev–Trinajstić information content (AvgIpc) is 2.80. The van der Waals surface area contributed by atoms with Crippen molar-refractivity contribution in [2.75, 3.05) is 12.8 Å². The minimum absolute atomic E-state index is 0.0768. The van der Waals surface area contributed by atoms with Gasteiger partial charge in [0.15, 0.2) is 12.3 Å². The lowest BCUT2D eigenvalue weighted by atomic mass is 9.95. The number of nitrogens with two attached hydrogens (primary N) is 1. The molecule has 1 aromatic rings. The number of nitrogens with zero attached hydrogens (tertiary/aromatic N) is 2. The van der Waals surface area contributed by atoms with E-state index in [1.165, 1.54) is 6.07 Å². The molecule has 1 aromatic heterocycles. The highest BCUT2D eigenvalue weighted by Crippen LogP contribution is 2.43. The number of rotatable bonds is 4. The van der Waals surface area contributed by atoms with Gasteiger partial charge in [-0.05, 0) is 6.07 Å². The molecule has 134 valence electrons. The summed E-state index contributed by atoms with van der Waals surface area (Å²) in [7, 11) is 1.13. The molecule has 1 saturated heterocycles. The highest BCUT2D eigenvalue weighted by Gasteiger charge is 2.60. The van der Waals surface area contributed by atoms with E-state index in [2.05, 4.69) is 9.72 Å². The van der Waals surface area contributed by atoms with E-state index in [9.17, 15) is 14.4 Å². The molecule has 0 amide bonds. The van der Waals surface area contributed by atoms with Gasteiger partial charge in [0.1, 0.15) is 11.9 Å². The van der Waals surface area contributed by atoms with Crippen LogP contribution < -0.4 is 11.4 Å². The zero-order chi connectivity index (χ0) is 18.8. The molecule has 4 atom stereocenters. The number of halogens is 1. The summed E-state index contributed by atoms with van der Waals surface area (Å²) in [5, 5.41) is 0. The first kappa shape index (κ1) is 18.4. The molecule has 25 heavy (non-hydrogen) atoms. The van der Waals surface area contributed by atoms with Gasteiger partial charge in [-0.25, -0.2) is 9.18 Å². The molecule has 0 unspecified atom stereocenters. The van der Waals surface area contributed by atoms with Gasteiger partial charge in [-0.15, -0.1) is 6.42 Å². The molecule has 0 spiro atoms. The molecule has 2 rings (SSSR count). The Kier molecular flexibility index (Phi) is 5.08. The summed E-state index contributed by atoms with van der Waals surface area (Å²) in [6.45, 7) is 1.05. The van der Waals surface area contributed by atoms with Crippen LogP contribution in [0, 0.1) is 12.3 Å². The van der Waals surface area contributed by atoms with Crippen molar-refractivity contribution < 1.29 is 28.2 Å². The van der Waals surface area contributed by atoms with E-state index in [1.54, 1.807) is 0 Å². The lowest BCUT2D eigenvalue weighted by Gasteiger charge is -2.26. The Morgan fingerprint density at radius 3 is 2.80 bits per heavy atom. The predicted molar refractivity (Wildman–Crippen MR) is 81.7 cm³/mol. The van der Waals surface area contributed by atoms with Gasteiger partial charge in [0.05, 0.1) is 13.5 Å². The van der Waals surface area contributed by atoms with E-state index in [0.717, 1.165) is 24.8 Å². The molecule has 1 aliphatic rings. The van der Waals surface area contributed by atoms with E-state index in [4.69, 9.17) is 21.6 Å². The van der Waals surface area contributed by atoms with Crippen LogP contribution in [0.2, 0.25) is 0 Å². The molecule has 1 fully saturated rings. The summed E-state index contributed by atoms with van der Waals surface area (Å²) in [5.74, 6) is 0.230. The number of aromatic nitrogens is 2. The Balaban J connectivity index is 2.49. The van der Waals surface area contributed by atoms with Crippen LogP contribution in [0.5, 0.6) is 0 Å². The number of carbonyl (C=O) groups excluding carboxylic acids is 2. The number of hydrogen-bond donors (Lipinski definition) is 1. The second-order valence-corrected chi connectivity index (χ2v) is 5.29. The third kappa shape index (κ3) is 3.46. The molecule has 2 N–H and O–H groups in total. The normalized spacial score (nSPS) is 28.2. The Bertz CT molecular complexity index is 788. The fourth-order valence-electron chi connectivity index (χ4n) is 2.52. The minimum atomic E-state index is -2.72. The van der Waals surface area contributed by atoms with Crippen molar-refractivity contribution in [3.05, 3.63) is 22.7 Å². The van der Waals surface area contributed by atoms with Crippen LogP contribution >= 0.6 is 0 Å². The number of hydrogen-bond acceptors (Lipinski definition) is 8. The maximum atomic E-state index is 15.5. The molecule has 0 saturated carbocycles. The molecule has 0 bridgehead atoms. The molecule has 0 aromatic carbocycles. The molecular weight excluding hydrogens is 337 g/mol. The van der Waals surface area contributed by atoms with E-state index in [0.29, 0.717) is 0 Å². The van der Waals surface area contributed by atoms with Gasteiger partial charge < -0.3 is 19.9 Å². The minimum Gasteiger partial charge on any atom is -0.469 e. The number of anilines is 1. The Morgan fingerprint density at radius 1 is 1.60 bits per heavy atom. The number of terminal acetylenes is 1. The summed E-state index contributed by atoms with van der Waals surface area (Å²) in [6.07, 6.45) is 1.46. The summed E-state index contributed by atoms with van der Waals surface area (Å²) in [5.41, 5.74) is 1.77. The van der Waals surface area contributed by atoms with Crippen molar-refractivity contribution in [1.82, 2.24) is 9.55 Å². The van der Waals surface area contributed by atoms with Crippen molar-refractivity contribution in [2.24, 2.45) is 0 Å². The summed E-state index contributed by atoms with van der Waals surface area (Å²) in [4.78, 5) is 38.4. The summed E-state index contributed by atoms with van der Waals surface area (Å²) in [6, 6.07) is 1.25. The van der Waals surface area contributed by atoms with Gasteiger partial charge >= 0.3 is 17.6 Å². The third-order valence-corrected chi connectivity index (χ3v) is 3.63. The lowest BCUT2D eigenvalue weighted by Crippen LogP contribution is -2.46. The number of nitrogen functional groups attached to an aromatic ring is 1. The van der Waals surface area contributed by atoms with Crippen molar-refractivity contribution in [3.8, 4) is 12.3 Å². The molecule has 9 nitrogen and oxygen atoms in total. The van der Waals surface area contributed by atoms with E-state index in [-0.39, 0.29) is 5.82 Å². The van der Waals surface area contributed by atoms with E-state index >= 15 is 4.39 Å². The van der Waals surface area contributed by atoms with E-state index in [1.807, 2.05) is 5.92 Å². The SMILES string of the molecule is C#C[C@]1(F)[C@H](OC(C)=O)[C@@H](CC(=O)OC)O[C@H]1n1ccc(N)nc1=O. The van der Waals surface area contributed by atoms with Crippen LogP contribution in [0.25, 0.3) is 0 Å². The first-order valence-electron chi connectivity index (χ1n) is 7.13. The lowest BCUT2D eigenvalue weighted by molar-refractivity contribution is -0.157. The average molecular weight is 353 g/mol. The molecule has 1 aliphatic heterocycles. The predicted octanol–water partition coefficient (Wildman–Crippen LogP) is -0.441. The highest BCUT2D eigenvalue weighted by atomic mass is 19.1. The first-order chi connectivity index (χ1) is 11.7. The van der Waals surface area contributed by atoms with Gasteiger partial charge in [-0.3, -0.25) is 14.2 Å². The van der Waals surface area contributed by atoms with Crippen LogP contribution in [0.3, 0.4) is 0 Å². The number of ether oxygens (including phenoxy) is 3. The van der Waals surface area contributed by atoms with Gasteiger partial charge in [-0.1, -0.05) is 5.92 Å². The number of esters is 2. The molecule has 0 radical (unpaired) electrons. The maximum absolute atomic E-state index is 15.5. The summed E-state index contributed by atoms with van der Waals surface area (Å²) >= 11 is 0. The standard InChI is InChI=1S/C15H16FN3O6/c1-4-15(16)12(24-8(2)20)9(7-11(21)23-3)25-13(15)19-6-5-10(17)18-14(19)22/h1,5-6,9,12-13H,7H2,2-3H3,(H2,17,18,22)/t9-,12-,13-,15+/m1/s1. The van der Waals surface area contributed by atoms with Crippen LogP contribution in [-0.4, -0.2) is 46.5 Å². The highest BCUT2D eigenvalue weighted by molar-refractivity contribution is 5.70. The van der Waals surface area contributed by atoms with Crippen molar-refractivity contribution in [2.45, 2.75) is 37.4 Å². The van der Waals surface area contributed by atoms with Gasteiger partial charge in [0.25, 0.3) is 5.67 Å². The first-order valence-corrected chi connectivity index (χ1v) is 7.13. The number of methoxy groups -OCH3 is 1. The number of carbonyl (C=O) groups is 2. The third-order valence-electron chi connectivity index (χ3n) is 3.63. The zero-order valence-corrected chi connectivity index (χ0v) is 13.5. The second kappa shape index (κ2) is 6.90. The largest absolute Gasteiger partial charge is 0.469 e. The molecular formula is C15H16FN3O6. The van der Waals surface area contributed by atoms with Gasteiger partial charge in [0.2, 0.25) is 0 Å². The Labute approximate surface area is 141 Å². The maximum Gasteiger partial charge on any atom is 0.351 e. The number of alkyl halides is 1. The molecule has 2 heterocycles. The van der Waals surface area contributed by atoms with Crippen molar-refractivity contribution >= 4 is 17.8 Å². The topological polar surface area (TPSA) is 123 Å². The smallest absolute Gasteiger partial charge is 0.351 e. The fraction of sp³-hybridized carbons (Fsp3) is 0.467.